The number of nitrogens with one attached hydrogen (secondary N) is 2. The summed E-state index contributed by atoms with van der Waals surface area (Å²) in [5.74, 6) is 0.841. The summed E-state index contributed by atoms with van der Waals surface area (Å²) < 4.78 is 5.07. The van der Waals surface area contributed by atoms with Crippen molar-refractivity contribution in [2.75, 3.05) is 51.3 Å². The van der Waals surface area contributed by atoms with Gasteiger partial charge in [-0.3, -0.25) is 4.99 Å². The number of aliphatic imine (C=N–C) groups is 1. The topological polar surface area (TPSA) is 69.2 Å². The predicted octanol–water partition coefficient (Wildman–Crippen LogP) is 2.92. The van der Waals surface area contributed by atoms with Gasteiger partial charge in [0, 0.05) is 45.0 Å². The van der Waals surface area contributed by atoms with Crippen molar-refractivity contribution >= 4 is 41.7 Å². The van der Waals surface area contributed by atoms with E-state index in [1.165, 1.54) is 5.69 Å². The Balaban J connectivity index is 0.00000392. The summed E-state index contributed by atoms with van der Waals surface area (Å²) in [5.41, 5.74) is 1.19. The summed E-state index contributed by atoms with van der Waals surface area (Å²) in [6.07, 6.45) is 1.58. The third-order valence-electron chi connectivity index (χ3n) is 4.61. The van der Waals surface area contributed by atoms with Crippen LogP contribution in [0.25, 0.3) is 0 Å². The second kappa shape index (κ2) is 13.5. The highest BCUT2D eigenvalue weighted by Gasteiger charge is 2.23. The zero-order chi connectivity index (χ0) is 19.5. The lowest BCUT2D eigenvalue weighted by Crippen LogP contribution is -2.50. The number of likely N-dealkylation sites (N-methyl/N-ethyl adjacent to an activating group) is 1. The normalized spacial score (nSPS) is 14.8. The van der Waals surface area contributed by atoms with Gasteiger partial charge >= 0.3 is 6.09 Å². The number of para-hydroxylation sites is 1. The van der Waals surface area contributed by atoms with Gasteiger partial charge in [-0.1, -0.05) is 18.2 Å². The highest BCUT2D eigenvalue weighted by Crippen LogP contribution is 2.12. The minimum Gasteiger partial charge on any atom is -0.450 e. The van der Waals surface area contributed by atoms with Gasteiger partial charge in [0.2, 0.25) is 0 Å². The van der Waals surface area contributed by atoms with E-state index in [1.54, 1.807) is 4.90 Å². The van der Waals surface area contributed by atoms with Crippen molar-refractivity contribution in [3.05, 3.63) is 30.3 Å². The molecular formula is C20H34IN5O2. The van der Waals surface area contributed by atoms with E-state index < -0.39 is 0 Å². The van der Waals surface area contributed by atoms with Crippen molar-refractivity contribution in [1.82, 2.24) is 15.5 Å². The Hall–Kier alpha value is -1.71. The van der Waals surface area contributed by atoms with Gasteiger partial charge in [0.05, 0.1) is 13.2 Å². The summed E-state index contributed by atoms with van der Waals surface area (Å²) in [5, 5.41) is 6.82. The molecule has 1 heterocycles. The summed E-state index contributed by atoms with van der Waals surface area (Å²) in [7, 11) is 2.08. The van der Waals surface area contributed by atoms with Crippen molar-refractivity contribution in [2.45, 2.75) is 32.7 Å². The van der Waals surface area contributed by atoms with E-state index in [4.69, 9.17) is 9.73 Å². The Morgan fingerprint density at radius 1 is 1.25 bits per heavy atom. The fourth-order valence-corrected chi connectivity index (χ4v) is 3.06. The smallest absolute Gasteiger partial charge is 0.409 e. The van der Waals surface area contributed by atoms with Crippen LogP contribution >= 0.6 is 24.0 Å². The van der Waals surface area contributed by atoms with E-state index in [0.717, 1.165) is 31.9 Å². The van der Waals surface area contributed by atoms with Crippen LogP contribution in [0.2, 0.25) is 0 Å². The minimum atomic E-state index is -0.208. The van der Waals surface area contributed by atoms with Crippen LogP contribution in [0, 0.1) is 0 Å². The van der Waals surface area contributed by atoms with Gasteiger partial charge in [0.1, 0.15) is 0 Å². The molecule has 158 valence electrons. The molecule has 0 saturated carbocycles. The highest BCUT2D eigenvalue weighted by atomic mass is 127. The number of carbonyl (C=O) groups excluding carboxylic acids is 1. The van der Waals surface area contributed by atoms with Gasteiger partial charge in [-0.05, 0) is 38.8 Å². The number of hydrogen-bond donors (Lipinski definition) is 2. The summed E-state index contributed by atoms with van der Waals surface area (Å²) in [6, 6.07) is 10.6. The molecule has 1 fully saturated rings. The number of guanidine groups is 1. The molecule has 0 aliphatic carbocycles. The first-order valence-electron chi connectivity index (χ1n) is 9.86. The number of ether oxygens (including phenoxy) is 1. The first kappa shape index (κ1) is 24.3. The molecule has 0 bridgehead atoms. The fraction of sp³-hybridized carbons (Fsp3) is 0.600. The van der Waals surface area contributed by atoms with Gasteiger partial charge < -0.3 is 25.2 Å². The van der Waals surface area contributed by atoms with Crippen LogP contribution in [0.15, 0.2) is 35.3 Å². The molecule has 2 N–H and O–H groups in total. The van der Waals surface area contributed by atoms with Crippen molar-refractivity contribution in [3.8, 4) is 0 Å². The second-order valence-electron chi connectivity index (χ2n) is 6.62. The number of halogens is 1. The van der Waals surface area contributed by atoms with Crippen LogP contribution in [0.4, 0.5) is 10.5 Å². The SMILES string of the molecule is CCNC(=NCCN(C)c1ccccc1)NC1CCN(C(=O)OCC)CC1.I. The Bertz CT molecular complexity index is 592. The van der Waals surface area contributed by atoms with Crippen molar-refractivity contribution in [1.29, 1.82) is 0 Å². The zero-order valence-electron chi connectivity index (χ0n) is 17.2. The third kappa shape index (κ3) is 8.12. The van der Waals surface area contributed by atoms with E-state index in [2.05, 4.69) is 41.6 Å². The monoisotopic (exact) mass is 503 g/mol. The summed E-state index contributed by atoms with van der Waals surface area (Å²) in [6.45, 7) is 8.13. The number of anilines is 1. The molecule has 1 aliphatic rings. The molecule has 7 nitrogen and oxygen atoms in total. The number of amides is 1. The Morgan fingerprint density at radius 2 is 1.93 bits per heavy atom. The van der Waals surface area contributed by atoms with Crippen LogP contribution in [0.1, 0.15) is 26.7 Å². The van der Waals surface area contributed by atoms with E-state index in [0.29, 0.717) is 32.3 Å². The first-order chi connectivity index (χ1) is 13.1. The van der Waals surface area contributed by atoms with Crippen LogP contribution in [-0.2, 0) is 4.74 Å². The van der Waals surface area contributed by atoms with Crippen LogP contribution < -0.4 is 15.5 Å². The molecule has 0 aromatic heterocycles. The standard InChI is InChI=1S/C20H33N5O2.HI/c1-4-21-19(22-13-16-24(3)18-9-7-6-8-10-18)23-17-11-14-25(15-12-17)20(26)27-5-2;/h6-10,17H,4-5,11-16H2,1-3H3,(H2,21,22,23);1H. The molecule has 1 aromatic rings. The number of piperidine rings is 1. The van der Waals surface area contributed by atoms with Crippen LogP contribution in [-0.4, -0.2) is 69.4 Å². The number of nitrogens with zero attached hydrogens (tertiary/aromatic N) is 3. The molecule has 8 heteroatoms. The maximum Gasteiger partial charge on any atom is 0.409 e. The second-order valence-corrected chi connectivity index (χ2v) is 6.62. The Labute approximate surface area is 185 Å². The fourth-order valence-electron chi connectivity index (χ4n) is 3.06. The van der Waals surface area contributed by atoms with Gasteiger partial charge in [-0.2, -0.15) is 0 Å². The first-order valence-corrected chi connectivity index (χ1v) is 9.86. The molecule has 1 amide bonds. The van der Waals surface area contributed by atoms with Crippen molar-refractivity contribution in [2.24, 2.45) is 4.99 Å². The Kier molecular flexibility index (Phi) is 11.7. The van der Waals surface area contributed by atoms with E-state index in [-0.39, 0.29) is 30.1 Å². The van der Waals surface area contributed by atoms with Crippen molar-refractivity contribution in [3.63, 3.8) is 0 Å². The van der Waals surface area contributed by atoms with E-state index >= 15 is 0 Å². The largest absolute Gasteiger partial charge is 0.450 e. The summed E-state index contributed by atoms with van der Waals surface area (Å²) in [4.78, 5) is 20.5. The predicted molar refractivity (Wildman–Crippen MR) is 126 cm³/mol. The maximum absolute atomic E-state index is 11.8. The lowest BCUT2D eigenvalue weighted by atomic mass is 10.1. The highest BCUT2D eigenvalue weighted by molar-refractivity contribution is 14.0. The van der Waals surface area contributed by atoms with Crippen molar-refractivity contribution < 1.29 is 9.53 Å². The molecule has 0 spiro atoms. The number of carbonyl (C=O) groups is 1. The molecule has 1 aromatic carbocycles. The molecular weight excluding hydrogens is 469 g/mol. The number of likely N-dealkylation sites (tertiary alicyclic amines) is 1. The molecule has 2 rings (SSSR count). The third-order valence-corrected chi connectivity index (χ3v) is 4.61. The average Bonchev–Trinajstić information content (AvgIpc) is 2.69. The zero-order valence-corrected chi connectivity index (χ0v) is 19.5. The number of hydrogen-bond acceptors (Lipinski definition) is 4. The van der Waals surface area contributed by atoms with Crippen LogP contribution in [0.3, 0.4) is 0 Å². The van der Waals surface area contributed by atoms with Gasteiger partial charge in [0.25, 0.3) is 0 Å². The number of benzene rings is 1. The summed E-state index contributed by atoms with van der Waals surface area (Å²) >= 11 is 0. The molecule has 0 radical (unpaired) electrons. The molecule has 1 aliphatic heterocycles. The Morgan fingerprint density at radius 3 is 2.54 bits per heavy atom. The maximum atomic E-state index is 11.8. The van der Waals surface area contributed by atoms with E-state index in [1.807, 2.05) is 25.1 Å². The number of rotatable bonds is 7. The molecule has 0 atom stereocenters. The quantitative estimate of drug-likeness (QED) is 0.340. The van der Waals surface area contributed by atoms with Gasteiger partial charge in [-0.25, -0.2) is 4.79 Å². The molecule has 28 heavy (non-hydrogen) atoms. The van der Waals surface area contributed by atoms with E-state index in [9.17, 15) is 4.79 Å². The molecule has 1 saturated heterocycles. The van der Waals surface area contributed by atoms with Gasteiger partial charge in [0.15, 0.2) is 5.96 Å². The minimum absolute atomic E-state index is 0. The lowest BCUT2D eigenvalue weighted by molar-refractivity contribution is 0.0963. The van der Waals surface area contributed by atoms with Crippen LogP contribution in [0.5, 0.6) is 0 Å². The molecule has 0 unspecified atom stereocenters. The van der Waals surface area contributed by atoms with Gasteiger partial charge in [-0.15, -0.1) is 24.0 Å². The average molecular weight is 503 g/mol. The lowest BCUT2D eigenvalue weighted by Gasteiger charge is -2.32.